The van der Waals surface area contributed by atoms with Crippen LogP contribution in [0.15, 0.2) is 34.7 Å². The molecule has 0 radical (unpaired) electrons. The number of carbonyl (C=O) groups is 1. The first-order chi connectivity index (χ1) is 10.8. The minimum absolute atomic E-state index is 0.139. The van der Waals surface area contributed by atoms with E-state index in [9.17, 15) is 4.79 Å². The number of hydrogen-bond acceptors (Lipinski definition) is 5. The number of carbonyl (C=O) groups excluding carboxylic acids is 1. The predicted octanol–water partition coefficient (Wildman–Crippen LogP) is 1.57. The highest BCUT2D eigenvalue weighted by Gasteiger charge is 2.27. The van der Waals surface area contributed by atoms with Gasteiger partial charge in [-0.15, -0.1) is 0 Å². The number of ether oxygens (including phenoxy) is 1. The number of rotatable bonds is 6. The molecule has 2 aromatic rings. The van der Waals surface area contributed by atoms with Crippen molar-refractivity contribution >= 4 is 5.91 Å². The lowest BCUT2D eigenvalue weighted by molar-refractivity contribution is 0.0898. The Balaban J connectivity index is 1.57. The molecule has 0 saturated carbocycles. The van der Waals surface area contributed by atoms with Crippen LogP contribution in [0.1, 0.15) is 27.7 Å². The molecule has 6 heteroatoms. The number of nitrogens with zero attached hydrogens (tertiary/aromatic N) is 2. The van der Waals surface area contributed by atoms with E-state index in [0.717, 1.165) is 18.0 Å². The van der Waals surface area contributed by atoms with Gasteiger partial charge in [-0.3, -0.25) is 9.69 Å². The third-order valence-electron chi connectivity index (χ3n) is 3.55. The third-order valence-corrected chi connectivity index (χ3v) is 3.55. The molecule has 116 valence electrons. The summed E-state index contributed by atoms with van der Waals surface area (Å²) in [5, 5.41) is 2.71. The van der Waals surface area contributed by atoms with E-state index in [1.807, 2.05) is 18.2 Å². The van der Waals surface area contributed by atoms with Crippen molar-refractivity contribution in [3.05, 3.63) is 53.2 Å². The summed E-state index contributed by atoms with van der Waals surface area (Å²) < 4.78 is 10.5. The number of amides is 1. The number of hydrogen-bond donors (Lipinski definition) is 1. The molecule has 0 saturated heterocycles. The van der Waals surface area contributed by atoms with Gasteiger partial charge in [-0.05, 0) is 5.56 Å². The summed E-state index contributed by atoms with van der Waals surface area (Å²) in [4.78, 5) is 18.4. The molecule has 3 rings (SSSR count). The van der Waals surface area contributed by atoms with Crippen LogP contribution in [0.3, 0.4) is 0 Å². The summed E-state index contributed by atoms with van der Waals surface area (Å²) in [5.41, 5.74) is 2.11. The Bertz CT molecular complexity index is 616. The molecule has 1 aliphatic rings. The molecule has 0 aliphatic carbocycles. The molecule has 1 N–H and O–H groups in total. The van der Waals surface area contributed by atoms with Crippen LogP contribution in [0.25, 0.3) is 0 Å². The van der Waals surface area contributed by atoms with Crippen LogP contribution in [0, 0.1) is 0 Å². The zero-order valence-corrected chi connectivity index (χ0v) is 12.5. The van der Waals surface area contributed by atoms with Crippen LogP contribution in [0.5, 0.6) is 0 Å². The lowest BCUT2D eigenvalue weighted by Gasteiger charge is -2.14. The summed E-state index contributed by atoms with van der Waals surface area (Å²) >= 11 is 0. The fourth-order valence-corrected chi connectivity index (χ4v) is 2.49. The van der Waals surface area contributed by atoms with Crippen molar-refractivity contribution in [2.45, 2.75) is 19.6 Å². The van der Waals surface area contributed by atoms with Gasteiger partial charge in [0.05, 0.1) is 18.8 Å². The average Bonchev–Trinajstić information content (AvgIpc) is 3.07. The second-order valence-corrected chi connectivity index (χ2v) is 5.27. The van der Waals surface area contributed by atoms with E-state index in [0.29, 0.717) is 26.2 Å². The van der Waals surface area contributed by atoms with E-state index in [1.54, 1.807) is 7.11 Å². The normalized spacial score (nSPS) is 14.0. The van der Waals surface area contributed by atoms with Crippen molar-refractivity contribution in [1.82, 2.24) is 15.2 Å². The molecule has 6 nitrogen and oxygen atoms in total. The van der Waals surface area contributed by atoms with Crippen LogP contribution >= 0.6 is 0 Å². The number of nitrogens with one attached hydrogen (secondary N) is 1. The number of benzene rings is 1. The van der Waals surface area contributed by atoms with Gasteiger partial charge in [-0.25, -0.2) is 4.98 Å². The molecular formula is C16H19N3O3. The summed E-state index contributed by atoms with van der Waals surface area (Å²) in [7, 11) is 1.59. The van der Waals surface area contributed by atoms with Gasteiger partial charge >= 0.3 is 5.91 Å². The second-order valence-electron chi connectivity index (χ2n) is 5.27. The SMILES string of the molecule is COCCNC(=O)c1nc2c(o1)CN(Cc1ccccc1)C2. The van der Waals surface area contributed by atoms with Gasteiger partial charge in [0.1, 0.15) is 5.76 Å². The Morgan fingerprint density at radius 3 is 2.91 bits per heavy atom. The van der Waals surface area contributed by atoms with Gasteiger partial charge in [0.15, 0.2) is 0 Å². The quantitative estimate of drug-likeness (QED) is 0.820. The Labute approximate surface area is 129 Å². The van der Waals surface area contributed by atoms with Gasteiger partial charge in [-0.2, -0.15) is 0 Å². The van der Waals surface area contributed by atoms with E-state index >= 15 is 0 Å². The first kappa shape index (κ1) is 14.7. The Hall–Kier alpha value is -2.18. The molecular weight excluding hydrogens is 282 g/mol. The minimum atomic E-state index is -0.291. The summed E-state index contributed by atoms with van der Waals surface area (Å²) in [5.74, 6) is 0.634. The molecule has 0 spiro atoms. The van der Waals surface area contributed by atoms with Crippen molar-refractivity contribution in [3.63, 3.8) is 0 Å². The highest BCUT2D eigenvalue weighted by atomic mass is 16.5. The maximum atomic E-state index is 11.9. The molecule has 1 aliphatic heterocycles. The molecule has 1 aromatic carbocycles. The molecule has 0 fully saturated rings. The smallest absolute Gasteiger partial charge is 0.307 e. The van der Waals surface area contributed by atoms with Gasteiger partial charge in [0.2, 0.25) is 0 Å². The van der Waals surface area contributed by atoms with E-state index < -0.39 is 0 Å². The van der Waals surface area contributed by atoms with E-state index in [2.05, 4.69) is 27.3 Å². The zero-order chi connectivity index (χ0) is 15.4. The van der Waals surface area contributed by atoms with E-state index in [4.69, 9.17) is 9.15 Å². The lowest BCUT2D eigenvalue weighted by atomic mass is 10.2. The molecule has 1 aromatic heterocycles. The molecule has 0 bridgehead atoms. The van der Waals surface area contributed by atoms with Crippen molar-refractivity contribution in [1.29, 1.82) is 0 Å². The van der Waals surface area contributed by atoms with Crippen LogP contribution in [-0.2, 0) is 24.4 Å². The Morgan fingerprint density at radius 1 is 1.36 bits per heavy atom. The largest absolute Gasteiger partial charge is 0.436 e. The lowest BCUT2D eigenvalue weighted by Crippen LogP contribution is -2.27. The van der Waals surface area contributed by atoms with Crippen molar-refractivity contribution in [2.75, 3.05) is 20.3 Å². The molecule has 0 atom stereocenters. The Kier molecular flexibility index (Phi) is 4.50. The zero-order valence-electron chi connectivity index (χ0n) is 12.5. The summed E-state index contributed by atoms with van der Waals surface area (Å²) in [6.45, 7) is 3.16. The monoisotopic (exact) mass is 301 g/mol. The summed E-state index contributed by atoms with van der Waals surface area (Å²) in [6.07, 6.45) is 0. The van der Waals surface area contributed by atoms with Crippen molar-refractivity contribution in [3.8, 4) is 0 Å². The van der Waals surface area contributed by atoms with E-state index in [1.165, 1.54) is 5.56 Å². The highest BCUT2D eigenvalue weighted by Crippen LogP contribution is 2.24. The first-order valence-corrected chi connectivity index (χ1v) is 7.28. The van der Waals surface area contributed by atoms with Gasteiger partial charge in [0, 0.05) is 26.7 Å². The predicted molar refractivity (Wildman–Crippen MR) is 80.1 cm³/mol. The maximum Gasteiger partial charge on any atom is 0.307 e. The van der Waals surface area contributed by atoms with Crippen LogP contribution in [0.4, 0.5) is 0 Å². The molecule has 1 amide bonds. The van der Waals surface area contributed by atoms with Crippen molar-refractivity contribution in [2.24, 2.45) is 0 Å². The van der Waals surface area contributed by atoms with Gasteiger partial charge < -0.3 is 14.5 Å². The van der Waals surface area contributed by atoms with Crippen LogP contribution < -0.4 is 5.32 Å². The van der Waals surface area contributed by atoms with Crippen molar-refractivity contribution < 1.29 is 13.9 Å². The molecule has 2 heterocycles. The molecule has 22 heavy (non-hydrogen) atoms. The number of oxazole rings is 1. The fraction of sp³-hybridized carbons (Fsp3) is 0.375. The van der Waals surface area contributed by atoms with Gasteiger partial charge in [-0.1, -0.05) is 30.3 Å². The minimum Gasteiger partial charge on any atom is -0.436 e. The Morgan fingerprint density at radius 2 is 2.18 bits per heavy atom. The third kappa shape index (κ3) is 3.35. The second kappa shape index (κ2) is 6.72. The van der Waals surface area contributed by atoms with Crippen LogP contribution in [0.2, 0.25) is 0 Å². The highest BCUT2D eigenvalue weighted by molar-refractivity contribution is 5.89. The maximum absolute atomic E-state index is 11.9. The number of methoxy groups -OCH3 is 1. The summed E-state index contributed by atoms with van der Waals surface area (Å²) in [6, 6.07) is 10.3. The van der Waals surface area contributed by atoms with E-state index in [-0.39, 0.29) is 11.8 Å². The topological polar surface area (TPSA) is 67.6 Å². The first-order valence-electron chi connectivity index (χ1n) is 7.28. The average molecular weight is 301 g/mol. The fourth-order valence-electron chi connectivity index (χ4n) is 2.49. The number of fused-ring (bicyclic) bond motifs is 1. The van der Waals surface area contributed by atoms with Gasteiger partial charge in [0.25, 0.3) is 5.89 Å². The molecule has 0 unspecified atom stereocenters. The number of aromatic nitrogens is 1. The standard InChI is InChI=1S/C16H19N3O3/c1-21-8-7-17-15(20)16-18-13-10-19(11-14(13)22-16)9-12-5-3-2-4-6-12/h2-6H,7-11H2,1H3,(H,17,20). The van der Waals surface area contributed by atoms with Crippen LogP contribution in [-0.4, -0.2) is 36.1 Å².